The van der Waals surface area contributed by atoms with E-state index in [1.165, 1.54) is 12.0 Å². The molecule has 0 spiro atoms. The average molecular weight is 293 g/mol. The first-order valence-electron chi connectivity index (χ1n) is 8.12. The van der Waals surface area contributed by atoms with Gasteiger partial charge in [0.15, 0.2) is 5.82 Å². The summed E-state index contributed by atoms with van der Waals surface area (Å²) in [6, 6.07) is 0. The van der Waals surface area contributed by atoms with Gasteiger partial charge in [-0.25, -0.2) is 15.0 Å². The van der Waals surface area contributed by atoms with Gasteiger partial charge in [0.25, 0.3) is 0 Å². The smallest absolute Gasteiger partial charge is 0.162 e. The molecule has 1 heterocycles. The summed E-state index contributed by atoms with van der Waals surface area (Å²) in [6.07, 6.45) is 16.9. The van der Waals surface area contributed by atoms with Crippen molar-refractivity contribution in [1.82, 2.24) is 15.0 Å². The lowest BCUT2D eigenvalue weighted by Crippen LogP contribution is -2.02. The Bertz CT molecular complexity index is 660. The molecule has 22 heavy (non-hydrogen) atoms. The molecule has 3 heteroatoms. The number of fused-ring (bicyclic) bond motifs is 1. The fraction of sp³-hybridized carbons (Fsp3) is 0.421. The Morgan fingerprint density at radius 1 is 1.23 bits per heavy atom. The molecule has 2 aliphatic carbocycles. The van der Waals surface area contributed by atoms with Gasteiger partial charge in [0.1, 0.15) is 11.6 Å². The normalized spacial score (nSPS) is 23.6. The highest BCUT2D eigenvalue weighted by molar-refractivity contribution is 5.69. The van der Waals surface area contributed by atoms with Crippen molar-refractivity contribution >= 4 is 5.57 Å². The lowest BCUT2D eigenvalue weighted by molar-refractivity contribution is 0.557. The Hall–Kier alpha value is -2.03. The van der Waals surface area contributed by atoms with Crippen LogP contribution in [0.3, 0.4) is 0 Å². The zero-order valence-electron chi connectivity index (χ0n) is 13.6. The number of rotatable bonds is 5. The predicted molar refractivity (Wildman–Crippen MR) is 90.1 cm³/mol. The first kappa shape index (κ1) is 14.9. The van der Waals surface area contributed by atoms with Gasteiger partial charge in [0.05, 0.1) is 0 Å². The molecule has 0 radical (unpaired) electrons. The molecule has 0 aromatic carbocycles. The van der Waals surface area contributed by atoms with Crippen molar-refractivity contribution in [2.75, 3.05) is 0 Å². The molecule has 0 amide bonds. The molecule has 2 atom stereocenters. The zero-order chi connectivity index (χ0) is 15.5. The van der Waals surface area contributed by atoms with Crippen molar-refractivity contribution in [3.05, 3.63) is 59.5 Å². The Morgan fingerprint density at radius 2 is 2.00 bits per heavy atom. The van der Waals surface area contributed by atoms with Crippen LogP contribution in [0.2, 0.25) is 0 Å². The van der Waals surface area contributed by atoms with E-state index >= 15 is 0 Å². The second kappa shape index (κ2) is 6.39. The van der Waals surface area contributed by atoms with E-state index < -0.39 is 0 Å². The number of hydrogen-bond acceptors (Lipinski definition) is 3. The van der Waals surface area contributed by atoms with E-state index in [2.05, 4.69) is 58.3 Å². The summed E-state index contributed by atoms with van der Waals surface area (Å²) in [7, 11) is 0. The minimum absolute atomic E-state index is 0.661. The van der Waals surface area contributed by atoms with Crippen molar-refractivity contribution in [1.29, 1.82) is 0 Å². The highest BCUT2D eigenvalue weighted by Crippen LogP contribution is 2.41. The second-order valence-electron chi connectivity index (χ2n) is 6.09. The Labute approximate surface area is 132 Å². The van der Waals surface area contributed by atoms with E-state index in [0.717, 1.165) is 41.8 Å². The van der Waals surface area contributed by atoms with Crippen LogP contribution in [0.5, 0.6) is 0 Å². The van der Waals surface area contributed by atoms with Crippen LogP contribution in [0.25, 0.3) is 5.57 Å². The van der Waals surface area contributed by atoms with Gasteiger partial charge in [-0.2, -0.15) is 0 Å². The average Bonchev–Trinajstić information content (AvgIpc) is 3.24. The molecule has 114 valence electrons. The summed E-state index contributed by atoms with van der Waals surface area (Å²) in [6.45, 7) is 5.97. The maximum absolute atomic E-state index is 4.47. The number of aromatic nitrogens is 3. The van der Waals surface area contributed by atoms with E-state index in [0.29, 0.717) is 5.92 Å². The van der Waals surface area contributed by atoms with Gasteiger partial charge < -0.3 is 0 Å². The van der Waals surface area contributed by atoms with Gasteiger partial charge in [-0.3, -0.25) is 0 Å². The molecule has 1 aromatic heterocycles. The van der Waals surface area contributed by atoms with Crippen LogP contribution < -0.4 is 0 Å². The first-order valence-corrected chi connectivity index (χ1v) is 8.12. The number of hydrogen-bond donors (Lipinski definition) is 0. The van der Waals surface area contributed by atoms with Crippen LogP contribution in [0.1, 0.15) is 43.7 Å². The van der Waals surface area contributed by atoms with Crippen LogP contribution in [-0.2, 0) is 0 Å². The van der Waals surface area contributed by atoms with Crippen LogP contribution in [-0.4, -0.2) is 15.0 Å². The summed E-state index contributed by atoms with van der Waals surface area (Å²) in [5, 5.41) is 0. The molecule has 0 saturated heterocycles. The summed E-state index contributed by atoms with van der Waals surface area (Å²) in [4.78, 5) is 13.2. The molecule has 0 N–H and O–H groups in total. The molecule has 0 aliphatic heterocycles. The molecule has 2 unspecified atom stereocenters. The van der Waals surface area contributed by atoms with Crippen LogP contribution >= 0.6 is 0 Å². The Morgan fingerprint density at radius 3 is 2.68 bits per heavy atom. The van der Waals surface area contributed by atoms with Crippen molar-refractivity contribution < 1.29 is 0 Å². The second-order valence-corrected chi connectivity index (χ2v) is 6.09. The monoisotopic (exact) mass is 293 g/mol. The molecule has 2 aliphatic rings. The maximum atomic E-state index is 4.47. The molecule has 1 aromatic rings. The highest BCUT2D eigenvalue weighted by atomic mass is 15.0. The quantitative estimate of drug-likeness (QED) is 0.757. The van der Waals surface area contributed by atoms with Gasteiger partial charge in [-0.05, 0) is 44.6 Å². The van der Waals surface area contributed by atoms with Crippen LogP contribution in [0.4, 0.5) is 0 Å². The highest BCUT2D eigenvalue weighted by Gasteiger charge is 2.28. The van der Waals surface area contributed by atoms with Crippen LogP contribution in [0.15, 0.2) is 42.0 Å². The van der Waals surface area contributed by atoms with Gasteiger partial charge in [-0.1, -0.05) is 43.4 Å². The van der Waals surface area contributed by atoms with Gasteiger partial charge in [0.2, 0.25) is 0 Å². The molecule has 0 saturated carbocycles. The Balaban J connectivity index is 1.68. The topological polar surface area (TPSA) is 38.7 Å². The summed E-state index contributed by atoms with van der Waals surface area (Å²) in [5.41, 5.74) is 2.63. The van der Waals surface area contributed by atoms with E-state index in [1.54, 1.807) is 0 Å². The zero-order valence-corrected chi connectivity index (χ0v) is 13.6. The molecule has 0 bridgehead atoms. The Kier molecular flexibility index (Phi) is 4.32. The number of nitrogens with zero attached hydrogens (tertiary/aromatic N) is 3. The van der Waals surface area contributed by atoms with Crippen LogP contribution in [0, 0.1) is 25.7 Å². The van der Waals surface area contributed by atoms with Crippen molar-refractivity contribution in [3.8, 4) is 0 Å². The lowest BCUT2D eigenvalue weighted by Gasteiger charge is -2.13. The summed E-state index contributed by atoms with van der Waals surface area (Å²) in [5.74, 6) is 3.77. The standard InChI is InChI=1S/C19H23N3/c1-4-6-16(19-21-13(2)20-14(3)22-19)8-5-7-15-9-10-17-12-18(17)11-15/h5-6,8-10,12,15,18H,4,7,11H2,1-3H3/b8-5-,16-6+. The molecule has 3 nitrogen and oxygen atoms in total. The lowest BCUT2D eigenvalue weighted by atomic mass is 9.91. The predicted octanol–water partition coefficient (Wildman–Crippen LogP) is 4.36. The molecule has 3 rings (SSSR count). The van der Waals surface area contributed by atoms with Gasteiger partial charge in [-0.15, -0.1) is 0 Å². The number of allylic oxidation sites excluding steroid dienone is 8. The number of aryl methyl sites for hydroxylation is 2. The summed E-state index contributed by atoms with van der Waals surface area (Å²) < 4.78 is 0. The molecular formula is C19H23N3. The van der Waals surface area contributed by atoms with Crippen molar-refractivity contribution in [2.24, 2.45) is 11.8 Å². The minimum Gasteiger partial charge on any atom is -0.219 e. The van der Waals surface area contributed by atoms with Crippen molar-refractivity contribution in [2.45, 2.75) is 40.0 Å². The fourth-order valence-electron chi connectivity index (χ4n) is 2.96. The fourth-order valence-corrected chi connectivity index (χ4v) is 2.96. The van der Waals surface area contributed by atoms with E-state index in [-0.39, 0.29) is 0 Å². The summed E-state index contributed by atoms with van der Waals surface area (Å²) >= 11 is 0. The van der Waals surface area contributed by atoms with Gasteiger partial charge in [0, 0.05) is 11.5 Å². The van der Waals surface area contributed by atoms with E-state index in [4.69, 9.17) is 0 Å². The van der Waals surface area contributed by atoms with E-state index in [9.17, 15) is 0 Å². The van der Waals surface area contributed by atoms with E-state index in [1.807, 2.05) is 13.8 Å². The maximum Gasteiger partial charge on any atom is 0.162 e. The largest absolute Gasteiger partial charge is 0.219 e. The first-order chi connectivity index (χ1) is 10.7. The van der Waals surface area contributed by atoms with Gasteiger partial charge >= 0.3 is 0 Å². The minimum atomic E-state index is 0.661. The molecular weight excluding hydrogens is 270 g/mol. The third-order valence-corrected chi connectivity index (χ3v) is 4.11. The third kappa shape index (κ3) is 3.59. The molecule has 0 fully saturated rings. The SMILES string of the molecule is CC/C=C(\C=C/CC1C=CC2=CC2C1)c1nc(C)nc(C)n1. The third-order valence-electron chi connectivity index (χ3n) is 4.11. The van der Waals surface area contributed by atoms with Crippen molar-refractivity contribution in [3.63, 3.8) is 0 Å².